The van der Waals surface area contributed by atoms with E-state index in [4.69, 9.17) is 11.5 Å². The predicted molar refractivity (Wildman–Crippen MR) is 83.0 cm³/mol. The fourth-order valence-electron chi connectivity index (χ4n) is 2.82. The van der Waals surface area contributed by atoms with E-state index in [2.05, 4.69) is 10.3 Å². The van der Waals surface area contributed by atoms with Crippen LogP contribution in [0.1, 0.15) is 39.6 Å². The molecule has 0 spiro atoms. The summed E-state index contributed by atoms with van der Waals surface area (Å²) in [5.41, 5.74) is 15.7. The number of aryl methyl sites for hydroxylation is 2. The lowest BCUT2D eigenvalue weighted by Crippen LogP contribution is -2.17. The molecule has 1 amide bonds. The number of benzene rings is 1. The minimum absolute atomic E-state index is 0.132. The van der Waals surface area contributed by atoms with Crippen LogP contribution < -0.4 is 16.8 Å². The summed E-state index contributed by atoms with van der Waals surface area (Å²) < 4.78 is 0. The fourth-order valence-corrected chi connectivity index (χ4v) is 2.82. The Labute approximate surface area is 123 Å². The van der Waals surface area contributed by atoms with Crippen molar-refractivity contribution >= 4 is 17.4 Å². The third-order valence-electron chi connectivity index (χ3n) is 3.86. The van der Waals surface area contributed by atoms with Crippen LogP contribution in [-0.4, -0.2) is 10.9 Å². The van der Waals surface area contributed by atoms with Gasteiger partial charge < -0.3 is 16.8 Å². The molecule has 2 aromatic rings. The molecule has 0 aliphatic heterocycles. The van der Waals surface area contributed by atoms with Gasteiger partial charge in [0, 0.05) is 11.4 Å². The lowest BCUT2D eigenvalue weighted by molar-refractivity contribution is 0.100. The minimum atomic E-state index is -0.472. The van der Waals surface area contributed by atoms with E-state index in [1.807, 2.05) is 25.1 Å². The molecule has 108 valence electrons. The normalized spacial score (nSPS) is 16.5. The van der Waals surface area contributed by atoms with Crippen LogP contribution in [0, 0.1) is 6.92 Å². The van der Waals surface area contributed by atoms with Crippen LogP contribution in [0.3, 0.4) is 0 Å². The fraction of sp³-hybridized carbons (Fsp3) is 0.250. The number of rotatable bonds is 3. The van der Waals surface area contributed by atoms with Gasteiger partial charge in [0.05, 0.1) is 11.6 Å². The second kappa shape index (κ2) is 5.09. The highest BCUT2D eigenvalue weighted by atomic mass is 16.1. The maximum Gasteiger partial charge on any atom is 0.252 e. The van der Waals surface area contributed by atoms with Crippen LogP contribution >= 0.6 is 0 Å². The van der Waals surface area contributed by atoms with Crippen molar-refractivity contribution in [1.82, 2.24) is 4.98 Å². The van der Waals surface area contributed by atoms with Crippen molar-refractivity contribution in [3.63, 3.8) is 0 Å². The summed E-state index contributed by atoms with van der Waals surface area (Å²) >= 11 is 0. The van der Waals surface area contributed by atoms with E-state index in [0.717, 1.165) is 24.2 Å². The van der Waals surface area contributed by atoms with Crippen molar-refractivity contribution < 1.29 is 4.79 Å². The first-order chi connectivity index (χ1) is 10.0. The predicted octanol–water partition coefficient (Wildman–Crippen LogP) is 2.17. The number of nitrogens with two attached hydrogens (primary N) is 2. The highest BCUT2D eigenvalue weighted by Crippen LogP contribution is 2.35. The molecule has 21 heavy (non-hydrogen) atoms. The first kappa shape index (κ1) is 13.4. The monoisotopic (exact) mass is 282 g/mol. The molecule has 1 aromatic carbocycles. The Balaban J connectivity index is 1.93. The Morgan fingerprint density at radius 1 is 1.33 bits per heavy atom. The zero-order valence-corrected chi connectivity index (χ0v) is 11.9. The Bertz CT molecular complexity index is 711. The van der Waals surface area contributed by atoms with Gasteiger partial charge in [-0.05, 0) is 55.2 Å². The summed E-state index contributed by atoms with van der Waals surface area (Å²) in [6, 6.07) is 9.58. The molecule has 5 nitrogen and oxygen atoms in total. The van der Waals surface area contributed by atoms with Crippen molar-refractivity contribution in [2.45, 2.75) is 25.8 Å². The molecular weight excluding hydrogens is 264 g/mol. The topological polar surface area (TPSA) is 94.0 Å². The molecule has 1 unspecified atom stereocenters. The molecule has 0 bridgehead atoms. The van der Waals surface area contributed by atoms with Gasteiger partial charge in [0.2, 0.25) is 0 Å². The van der Waals surface area contributed by atoms with E-state index in [0.29, 0.717) is 11.4 Å². The van der Waals surface area contributed by atoms with Crippen LogP contribution in [-0.2, 0) is 6.42 Å². The van der Waals surface area contributed by atoms with E-state index in [9.17, 15) is 4.79 Å². The molecule has 5 N–H and O–H groups in total. The van der Waals surface area contributed by atoms with E-state index < -0.39 is 5.91 Å². The number of carbonyl (C=O) groups is 1. The van der Waals surface area contributed by atoms with E-state index in [1.54, 1.807) is 12.1 Å². The van der Waals surface area contributed by atoms with Crippen LogP contribution in [0.5, 0.6) is 0 Å². The zero-order chi connectivity index (χ0) is 15.0. The molecule has 3 rings (SSSR count). The van der Waals surface area contributed by atoms with Gasteiger partial charge in [-0.3, -0.25) is 4.79 Å². The second-order valence-corrected chi connectivity index (χ2v) is 5.41. The third-order valence-corrected chi connectivity index (χ3v) is 3.86. The van der Waals surface area contributed by atoms with E-state index in [-0.39, 0.29) is 6.04 Å². The van der Waals surface area contributed by atoms with Gasteiger partial charge in [0.1, 0.15) is 5.82 Å². The SMILES string of the molecule is Cc1ccc(C(N)=O)c(NC2CCc3cc(N)ccc32)n1. The summed E-state index contributed by atoms with van der Waals surface area (Å²) in [7, 11) is 0. The molecule has 1 atom stereocenters. The molecule has 0 radical (unpaired) electrons. The van der Waals surface area contributed by atoms with Crippen LogP contribution in [0.15, 0.2) is 30.3 Å². The van der Waals surface area contributed by atoms with Crippen LogP contribution in [0.25, 0.3) is 0 Å². The maximum absolute atomic E-state index is 11.5. The highest BCUT2D eigenvalue weighted by molar-refractivity contribution is 5.97. The van der Waals surface area contributed by atoms with E-state index >= 15 is 0 Å². The first-order valence-electron chi connectivity index (χ1n) is 6.97. The Kier molecular flexibility index (Phi) is 3.25. The summed E-state index contributed by atoms with van der Waals surface area (Å²) in [5.74, 6) is 0.0812. The number of pyridine rings is 1. The number of hydrogen-bond donors (Lipinski definition) is 3. The number of anilines is 2. The standard InChI is InChI=1S/C16H18N4O/c1-9-2-5-13(15(18)21)16(19-9)20-14-7-3-10-8-11(17)4-6-12(10)14/h2,4-6,8,14H,3,7,17H2,1H3,(H2,18,21)(H,19,20). The number of nitrogen functional groups attached to an aromatic ring is 1. The minimum Gasteiger partial charge on any atom is -0.399 e. The average molecular weight is 282 g/mol. The van der Waals surface area contributed by atoms with Crippen molar-refractivity contribution in [2.24, 2.45) is 5.73 Å². The van der Waals surface area contributed by atoms with Crippen molar-refractivity contribution in [1.29, 1.82) is 0 Å². The van der Waals surface area contributed by atoms with Crippen LogP contribution in [0.4, 0.5) is 11.5 Å². The molecular formula is C16H18N4O. The summed E-state index contributed by atoms with van der Waals surface area (Å²) in [5, 5.41) is 3.35. The number of amides is 1. The maximum atomic E-state index is 11.5. The highest BCUT2D eigenvalue weighted by Gasteiger charge is 2.24. The molecule has 5 heteroatoms. The number of hydrogen-bond acceptors (Lipinski definition) is 4. The molecule has 0 fully saturated rings. The van der Waals surface area contributed by atoms with Crippen LogP contribution in [0.2, 0.25) is 0 Å². The van der Waals surface area contributed by atoms with E-state index in [1.165, 1.54) is 11.1 Å². The zero-order valence-electron chi connectivity index (χ0n) is 11.9. The lowest BCUT2D eigenvalue weighted by atomic mass is 10.1. The molecule has 1 heterocycles. The Morgan fingerprint density at radius 2 is 2.14 bits per heavy atom. The van der Waals surface area contributed by atoms with Gasteiger partial charge in [0.25, 0.3) is 5.91 Å². The van der Waals surface area contributed by atoms with Gasteiger partial charge in [-0.1, -0.05) is 6.07 Å². The number of fused-ring (bicyclic) bond motifs is 1. The van der Waals surface area contributed by atoms with Gasteiger partial charge in [-0.15, -0.1) is 0 Å². The van der Waals surface area contributed by atoms with Gasteiger partial charge in [0.15, 0.2) is 0 Å². The Hall–Kier alpha value is -2.56. The van der Waals surface area contributed by atoms with Crippen molar-refractivity contribution in [3.05, 3.63) is 52.7 Å². The number of primary amides is 1. The van der Waals surface area contributed by atoms with Gasteiger partial charge in [-0.2, -0.15) is 0 Å². The average Bonchev–Trinajstić information content (AvgIpc) is 2.81. The number of nitrogens with zero attached hydrogens (tertiary/aromatic N) is 1. The van der Waals surface area contributed by atoms with Gasteiger partial charge in [-0.25, -0.2) is 4.98 Å². The number of carbonyl (C=O) groups excluding carboxylic acids is 1. The second-order valence-electron chi connectivity index (χ2n) is 5.41. The number of aromatic nitrogens is 1. The Morgan fingerprint density at radius 3 is 2.90 bits per heavy atom. The summed E-state index contributed by atoms with van der Waals surface area (Å²) in [6.45, 7) is 1.89. The molecule has 0 saturated heterocycles. The number of nitrogens with one attached hydrogen (secondary N) is 1. The third kappa shape index (κ3) is 2.54. The molecule has 0 saturated carbocycles. The largest absolute Gasteiger partial charge is 0.399 e. The molecule has 1 aliphatic carbocycles. The van der Waals surface area contributed by atoms with Crippen molar-refractivity contribution in [2.75, 3.05) is 11.1 Å². The van der Waals surface area contributed by atoms with Gasteiger partial charge >= 0.3 is 0 Å². The smallest absolute Gasteiger partial charge is 0.252 e. The first-order valence-corrected chi connectivity index (χ1v) is 6.97. The molecule has 1 aliphatic rings. The van der Waals surface area contributed by atoms with Crippen molar-refractivity contribution in [3.8, 4) is 0 Å². The lowest BCUT2D eigenvalue weighted by Gasteiger charge is -2.17. The summed E-state index contributed by atoms with van der Waals surface area (Å²) in [6.07, 6.45) is 1.92. The summed E-state index contributed by atoms with van der Waals surface area (Å²) in [4.78, 5) is 15.9. The quantitative estimate of drug-likeness (QED) is 0.752. The molecule has 1 aromatic heterocycles.